The van der Waals surface area contributed by atoms with E-state index in [1.54, 1.807) is 18.4 Å². The quantitative estimate of drug-likeness (QED) is 0.768. The third kappa shape index (κ3) is 5.66. The molecule has 0 bridgehead atoms. The van der Waals surface area contributed by atoms with E-state index in [1.807, 2.05) is 0 Å². The molecule has 1 aromatic rings. The van der Waals surface area contributed by atoms with Gasteiger partial charge in [-0.15, -0.1) is 0 Å². The molecule has 0 radical (unpaired) electrons. The summed E-state index contributed by atoms with van der Waals surface area (Å²) in [5.74, 6) is 0. The maximum Gasteiger partial charge on any atom is 0.0637 e. The molecule has 0 aromatic carbocycles. The minimum absolute atomic E-state index is 0.0541. The number of rotatable bonds is 8. The molecule has 0 aliphatic carbocycles. The van der Waals surface area contributed by atoms with Crippen molar-refractivity contribution in [3.05, 3.63) is 22.4 Å². The van der Waals surface area contributed by atoms with Crippen molar-refractivity contribution >= 4 is 11.3 Å². The first kappa shape index (κ1) is 14.7. The van der Waals surface area contributed by atoms with Crippen LogP contribution < -0.4 is 5.32 Å². The predicted octanol–water partition coefficient (Wildman–Crippen LogP) is 3.47. The monoisotopic (exact) mass is 255 g/mol. The van der Waals surface area contributed by atoms with Crippen molar-refractivity contribution in [2.24, 2.45) is 0 Å². The molecule has 0 saturated carbocycles. The Bertz CT molecular complexity index is 295. The average Bonchev–Trinajstić information content (AvgIpc) is 2.78. The van der Waals surface area contributed by atoms with Crippen LogP contribution in [-0.2, 0) is 11.2 Å². The van der Waals surface area contributed by atoms with Crippen molar-refractivity contribution in [2.75, 3.05) is 13.7 Å². The first-order chi connectivity index (χ1) is 8.07. The highest BCUT2D eigenvalue weighted by Gasteiger charge is 2.22. The number of methoxy groups -OCH3 is 1. The van der Waals surface area contributed by atoms with Crippen LogP contribution in [0.3, 0.4) is 0 Å². The van der Waals surface area contributed by atoms with Gasteiger partial charge in [-0.2, -0.15) is 11.3 Å². The van der Waals surface area contributed by atoms with E-state index in [0.29, 0.717) is 6.04 Å². The second kappa shape index (κ2) is 7.14. The summed E-state index contributed by atoms with van der Waals surface area (Å²) < 4.78 is 5.53. The van der Waals surface area contributed by atoms with Gasteiger partial charge >= 0.3 is 0 Å². The van der Waals surface area contributed by atoms with Gasteiger partial charge in [0, 0.05) is 13.2 Å². The maximum atomic E-state index is 5.53. The SMILES string of the molecule is CCCNC(Cc1ccsc1)CC(C)(C)OC. The summed E-state index contributed by atoms with van der Waals surface area (Å²) in [6.07, 6.45) is 3.31. The van der Waals surface area contributed by atoms with E-state index in [0.717, 1.165) is 19.4 Å². The fraction of sp³-hybridized carbons (Fsp3) is 0.714. The van der Waals surface area contributed by atoms with Crippen LogP contribution >= 0.6 is 11.3 Å². The molecule has 0 fully saturated rings. The molecule has 0 aliphatic rings. The number of hydrogen-bond acceptors (Lipinski definition) is 3. The summed E-state index contributed by atoms with van der Waals surface area (Å²) in [6.45, 7) is 7.59. The van der Waals surface area contributed by atoms with E-state index in [9.17, 15) is 0 Å². The van der Waals surface area contributed by atoms with Gasteiger partial charge in [0.15, 0.2) is 0 Å². The highest BCUT2D eigenvalue weighted by molar-refractivity contribution is 7.07. The zero-order valence-electron chi connectivity index (χ0n) is 11.5. The predicted molar refractivity (Wildman–Crippen MR) is 75.8 cm³/mol. The molecular weight excluding hydrogens is 230 g/mol. The molecule has 1 heterocycles. The average molecular weight is 255 g/mol. The lowest BCUT2D eigenvalue weighted by Crippen LogP contribution is -2.39. The third-order valence-corrected chi connectivity index (χ3v) is 3.77. The Morgan fingerprint density at radius 2 is 2.24 bits per heavy atom. The standard InChI is InChI=1S/C14H25NOS/c1-5-7-15-13(10-14(2,3)16-4)9-12-6-8-17-11-12/h6,8,11,13,15H,5,7,9-10H2,1-4H3. The van der Waals surface area contributed by atoms with Gasteiger partial charge in [-0.1, -0.05) is 6.92 Å². The molecule has 1 unspecified atom stereocenters. The smallest absolute Gasteiger partial charge is 0.0637 e. The van der Waals surface area contributed by atoms with Crippen LogP contribution in [-0.4, -0.2) is 25.3 Å². The van der Waals surface area contributed by atoms with Gasteiger partial charge in [-0.25, -0.2) is 0 Å². The molecule has 98 valence electrons. The zero-order chi connectivity index (χ0) is 12.7. The van der Waals surface area contributed by atoms with Crippen LogP contribution in [0.5, 0.6) is 0 Å². The van der Waals surface area contributed by atoms with Crippen molar-refractivity contribution in [1.29, 1.82) is 0 Å². The summed E-state index contributed by atoms with van der Waals surface area (Å²) in [4.78, 5) is 0. The van der Waals surface area contributed by atoms with E-state index >= 15 is 0 Å². The Morgan fingerprint density at radius 1 is 1.47 bits per heavy atom. The van der Waals surface area contributed by atoms with E-state index < -0.39 is 0 Å². The van der Waals surface area contributed by atoms with Gasteiger partial charge in [0.05, 0.1) is 5.60 Å². The molecule has 0 spiro atoms. The Hall–Kier alpha value is -0.380. The minimum atomic E-state index is -0.0541. The molecule has 1 aromatic heterocycles. The Labute approximate surface area is 109 Å². The van der Waals surface area contributed by atoms with Crippen LogP contribution in [0.25, 0.3) is 0 Å². The highest BCUT2D eigenvalue weighted by atomic mass is 32.1. The number of nitrogens with one attached hydrogen (secondary N) is 1. The Morgan fingerprint density at radius 3 is 2.76 bits per heavy atom. The second-order valence-corrected chi connectivity index (χ2v) is 5.93. The molecule has 1 N–H and O–H groups in total. The third-order valence-electron chi connectivity index (χ3n) is 3.04. The molecule has 0 saturated heterocycles. The van der Waals surface area contributed by atoms with Gasteiger partial charge in [-0.3, -0.25) is 0 Å². The van der Waals surface area contributed by atoms with E-state index in [1.165, 1.54) is 12.0 Å². The molecule has 0 amide bonds. The molecule has 0 aliphatic heterocycles. The molecule has 2 nitrogen and oxygen atoms in total. The highest BCUT2D eigenvalue weighted by Crippen LogP contribution is 2.19. The summed E-state index contributed by atoms with van der Waals surface area (Å²) in [5, 5.41) is 8.01. The van der Waals surface area contributed by atoms with E-state index in [-0.39, 0.29) is 5.60 Å². The largest absolute Gasteiger partial charge is 0.379 e. The molecule has 1 atom stereocenters. The Kier molecular flexibility index (Phi) is 6.17. The number of ether oxygens (including phenoxy) is 1. The maximum absolute atomic E-state index is 5.53. The van der Waals surface area contributed by atoms with Gasteiger partial charge in [0.2, 0.25) is 0 Å². The molecule has 1 rings (SSSR count). The fourth-order valence-corrected chi connectivity index (χ4v) is 2.62. The Balaban J connectivity index is 2.54. The topological polar surface area (TPSA) is 21.3 Å². The van der Waals surface area contributed by atoms with Crippen molar-refractivity contribution in [1.82, 2.24) is 5.32 Å². The lowest BCUT2D eigenvalue weighted by atomic mass is 9.95. The fourth-order valence-electron chi connectivity index (χ4n) is 1.94. The molecular formula is C14H25NOS. The second-order valence-electron chi connectivity index (χ2n) is 5.15. The zero-order valence-corrected chi connectivity index (χ0v) is 12.3. The lowest BCUT2D eigenvalue weighted by molar-refractivity contribution is 0.00715. The van der Waals surface area contributed by atoms with Gasteiger partial charge in [-0.05, 0) is 62.0 Å². The number of thiophene rings is 1. The van der Waals surface area contributed by atoms with Crippen LogP contribution in [0, 0.1) is 0 Å². The molecule has 17 heavy (non-hydrogen) atoms. The van der Waals surface area contributed by atoms with Crippen molar-refractivity contribution < 1.29 is 4.74 Å². The summed E-state index contributed by atoms with van der Waals surface area (Å²) in [6, 6.07) is 2.71. The first-order valence-electron chi connectivity index (χ1n) is 6.37. The normalized spacial score (nSPS) is 13.9. The van der Waals surface area contributed by atoms with Crippen molar-refractivity contribution in [3.8, 4) is 0 Å². The number of hydrogen-bond donors (Lipinski definition) is 1. The van der Waals surface area contributed by atoms with Crippen molar-refractivity contribution in [3.63, 3.8) is 0 Å². The van der Waals surface area contributed by atoms with Crippen LogP contribution in [0.2, 0.25) is 0 Å². The van der Waals surface area contributed by atoms with E-state index in [2.05, 4.69) is 42.9 Å². The first-order valence-corrected chi connectivity index (χ1v) is 7.31. The van der Waals surface area contributed by atoms with Crippen LogP contribution in [0.15, 0.2) is 16.8 Å². The molecule has 3 heteroatoms. The minimum Gasteiger partial charge on any atom is -0.379 e. The van der Waals surface area contributed by atoms with Crippen LogP contribution in [0.4, 0.5) is 0 Å². The van der Waals surface area contributed by atoms with Crippen LogP contribution in [0.1, 0.15) is 39.2 Å². The van der Waals surface area contributed by atoms with Gasteiger partial charge in [0.25, 0.3) is 0 Å². The van der Waals surface area contributed by atoms with Crippen molar-refractivity contribution in [2.45, 2.75) is 51.7 Å². The summed E-state index contributed by atoms with van der Waals surface area (Å²) in [5.41, 5.74) is 1.37. The van der Waals surface area contributed by atoms with E-state index in [4.69, 9.17) is 4.74 Å². The van der Waals surface area contributed by atoms with Gasteiger partial charge in [0.1, 0.15) is 0 Å². The summed E-state index contributed by atoms with van der Waals surface area (Å²) >= 11 is 1.77. The summed E-state index contributed by atoms with van der Waals surface area (Å²) in [7, 11) is 1.79. The van der Waals surface area contributed by atoms with Gasteiger partial charge < -0.3 is 10.1 Å². The lowest BCUT2D eigenvalue weighted by Gasteiger charge is -2.29.